The Labute approximate surface area is 128 Å². The lowest BCUT2D eigenvalue weighted by atomic mass is 10.0. The third-order valence-corrected chi connectivity index (χ3v) is 4.06. The summed E-state index contributed by atoms with van der Waals surface area (Å²) in [5.41, 5.74) is 2.01. The molecule has 96 valence electrons. The fraction of sp³-hybridized carbons (Fsp3) is 0.333. The minimum absolute atomic E-state index is 0.452. The second-order valence-electron chi connectivity index (χ2n) is 3.85. The summed E-state index contributed by atoms with van der Waals surface area (Å²) in [7, 11) is 0. The summed E-state index contributed by atoms with van der Waals surface area (Å²) >= 11 is 8.43. The van der Waals surface area contributed by atoms with Crippen LogP contribution in [-0.2, 0) is 0 Å². The van der Waals surface area contributed by atoms with Crippen LogP contribution in [0.15, 0.2) is 26.1 Å². The lowest BCUT2D eigenvalue weighted by Gasteiger charge is -2.10. The summed E-state index contributed by atoms with van der Waals surface area (Å²) in [6.07, 6.45) is 3.74. The van der Waals surface area contributed by atoms with Crippen molar-refractivity contribution in [3.63, 3.8) is 0 Å². The third-order valence-electron chi connectivity index (χ3n) is 2.28. The van der Waals surface area contributed by atoms with E-state index in [2.05, 4.69) is 68.1 Å². The average molecular weight is 391 g/mol. The first-order valence-electron chi connectivity index (χ1n) is 5.26. The van der Waals surface area contributed by atoms with E-state index in [1.54, 1.807) is 0 Å². The van der Waals surface area contributed by atoms with Crippen LogP contribution in [0.1, 0.15) is 25.3 Å². The van der Waals surface area contributed by atoms with Crippen molar-refractivity contribution in [2.24, 2.45) is 4.99 Å². The molecule has 0 saturated heterocycles. The number of nitrogens with one attached hydrogen (secondary N) is 1. The van der Waals surface area contributed by atoms with Crippen molar-refractivity contribution in [2.75, 3.05) is 6.26 Å². The zero-order valence-electron chi connectivity index (χ0n) is 10.3. The summed E-state index contributed by atoms with van der Waals surface area (Å²) in [4.78, 5) is 4.42. The second-order valence-corrected chi connectivity index (χ2v) is 6.35. The van der Waals surface area contributed by atoms with Crippen LogP contribution in [0.4, 0.5) is 5.69 Å². The van der Waals surface area contributed by atoms with Crippen LogP contribution in [0.5, 0.6) is 0 Å². The number of rotatable bonds is 2. The van der Waals surface area contributed by atoms with E-state index in [0.717, 1.165) is 14.6 Å². The normalized spacial score (nSPS) is 11.5. The molecular formula is C12H13Br2N3S. The van der Waals surface area contributed by atoms with Gasteiger partial charge in [-0.3, -0.25) is 5.32 Å². The Balaban J connectivity index is 3.22. The van der Waals surface area contributed by atoms with Crippen molar-refractivity contribution in [1.29, 1.82) is 5.26 Å². The largest absolute Gasteiger partial charge is 0.271 e. The van der Waals surface area contributed by atoms with Gasteiger partial charge in [-0.15, -0.1) is 0 Å². The number of hydrogen-bond donors (Lipinski definition) is 1. The Morgan fingerprint density at radius 3 is 2.33 bits per heavy atom. The molecule has 1 aromatic rings. The molecule has 0 bridgehead atoms. The van der Waals surface area contributed by atoms with Crippen LogP contribution >= 0.6 is 43.6 Å². The molecule has 1 N–H and O–H groups in total. The van der Waals surface area contributed by atoms with Crippen LogP contribution in [-0.4, -0.2) is 11.4 Å². The van der Waals surface area contributed by atoms with Gasteiger partial charge in [-0.25, -0.2) is 4.99 Å². The van der Waals surface area contributed by atoms with Gasteiger partial charge in [0.1, 0.15) is 0 Å². The van der Waals surface area contributed by atoms with Crippen LogP contribution in [0.3, 0.4) is 0 Å². The number of nitrogens with zero attached hydrogens (tertiary/aromatic N) is 2. The van der Waals surface area contributed by atoms with Gasteiger partial charge in [0.25, 0.3) is 0 Å². The Bertz CT molecular complexity index is 484. The van der Waals surface area contributed by atoms with Crippen molar-refractivity contribution in [3.05, 3.63) is 26.6 Å². The molecule has 0 radical (unpaired) electrons. The van der Waals surface area contributed by atoms with Crippen molar-refractivity contribution in [3.8, 4) is 6.19 Å². The van der Waals surface area contributed by atoms with Gasteiger partial charge in [0.05, 0.1) is 5.69 Å². The van der Waals surface area contributed by atoms with Crippen molar-refractivity contribution in [2.45, 2.75) is 19.8 Å². The molecule has 6 heteroatoms. The Morgan fingerprint density at radius 1 is 1.39 bits per heavy atom. The topological polar surface area (TPSA) is 48.2 Å². The van der Waals surface area contributed by atoms with Gasteiger partial charge in [-0.2, -0.15) is 5.26 Å². The number of halogens is 2. The van der Waals surface area contributed by atoms with Gasteiger partial charge in [-0.05, 0) is 61.7 Å². The molecular weight excluding hydrogens is 378 g/mol. The SMILES string of the molecule is CSC(=Nc1c(Br)cc(C(C)C)cc1Br)NC#N. The molecule has 0 aliphatic rings. The maximum absolute atomic E-state index is 8.62. The number of thioether (sulfide) groups is 1. The van der Waals surface area contributed by atoms with E-state index in [4.69, 9.17) is 5.26 Å². The van der Waals surface area contributed by atoms with Crippen LogP contribution in [0.25, 0.3) is 0 Å². The van der Waals surface area contributed by atoms with Crippen LogP contribution < -0.4 is 5.32 Å². The highest BCUT2D eigenvalue weighted by Crippen LogP contribution is 2.37. The van der Waals surface area contributed by atoms with Crippen molar-refractivity contribution in [1.82, 2.24) is 5.32 Å². The van der Waals surface area contributed by atoms with Crippen molar-refractivity contribution < 1.29 is 0 Å². The quantitative estimate of drug-likeness (QED) is 0.343. The van der Waals surface area contributed by atoms with Gasteiger partial charge >= 0.3 is 0 Å². The lowest BCUT2D eigenvalue weighted by Crippen LogP contribution is -2.12. The van der Waals surface area contributed by atoms with Gasteiger partial charge in [-0.1, -0.05) is 25.6 Å². The molecule has 1 rings (SSSR count). The summed E-state index contributed by atoms with van der Waals surface area (Å²) in [5, 5.41) is 11.7. The number of hydrogen-bond acceptors (Lipinski definition) is 3. The Morgan fingerprint density at radius 2 is 1.94 bits per heavy atom. The van der Waals surface area contributed by atoms with E-state index in [-0.39, 0.29) is 0 Å². The maximum atomic E-state index is 8.62. The van der Waals surface area contributed by atoms with E-state index < -0.39 is 0 Å². The highest BCUT2D eigenvalue weighted by Gasteiger charge is 2.10. The second kappa shape index (κ2) is 7.17. The summed E-state index contributed by atoms with van der Waals surface area (Å²) in [6.45, 7) is 4.28. The first kappa shape index (κ1) is 15.5. The van der Waals surface area contributed by atoms with E-state index in [9.17, 15) is 0 Å². The zero-order valence-corrected chi connectivity index (χ0v) is 14.3. The predicted octanol–water partition coefficient (Wildman–Crippen LogP) is 4.76. The minimum Gasteiger partial charge on any atom is -0.271 e. The fourth-order valence-corrected chi connectivity index (χ4v) is 3.03. The molecule has 0 aromatic heterocycles. The molecule has 18 heavy (non-hydrogen) atoms. The zero-order chi connectivity index (χ0) is 13.7. The van der Waals surface area contributed by atoms with Gasteiger partial charge in [0.2, 0.25) is 0 Å². The third kappa shape index (κ3) is 4.01. The molecule has 0 unspecified atom stereocenters. The average Bonchev–Trinajstić information content (AvgIpc) is 2.31. The maximum Gasteiger partial charge on any atom is 0.183 e. The molecule has 0 saturated carbocycles. The molecule has 0 amide bonds. The number of amidine groups is 1. The van der Waals surface area contributed by atoms with Gasteiger partial charge in [0.15, 0.2) is 11.4 Å². The van der Waals surface area contributed by atoms with E-state index in [1.807, 2.05) is 12.4 Å². The first-order valence-corrected chi connectivity index (χ1v) is 8.07. The molecule has 0 spiro atoms. The van der Waals surface area contributed by atoms with Crippen LogP contribution in [0.2, 0.25) is 0 Å². The standard InChI is InChI=1S/C12H13Br2N3S/c1-7(2)8-4-9(13)11(10(14)5-8)17-12(18-3)16-6-15/h4-5,7H,1-3H3,(H,16,17). The minimum atomic E-state index is 0.452. The molecule has 3 nitrogen and oxygen atoms in total. The van der Waals surface area contributed by atoms with Crippen LogP contribution in [0, 0.1) is 11.5 Å². The first-order chi connectivity index (χ1) is 8.49. The van der Waals surface area contributed by atoms with E-state index >= 15 is 0 Å². The monoisotopic (exact) mass is 389 g/mol. The smallest absolute Gasteiger partial charge is 0.183 e. The molecule has 0 aliphatic heterocycles. The van der Waals surface area contributed by atoms with Gasteiger partial charge in [0, 0.05) is 8.95 Å². The number of nitriles is 1. The number of benzene rings is 1. The summed E-state index contributed by atoms with van der Waals surface area (Å²) < 4.78 is 1.82. The number of aliphatic imine (C=N–C) groups is 1. The van der Waals surface area contributed by atoms with E-state index in [0.29, 0.717) is 11.1 Å². The highest BCUT2D eigenvalue weighted by molar-refractivity contribution is 9.11. The van der Waals surface area contributed by atoms with E-state index in [1.165, 1.54) is 17.3 Å². The predicted molar refractivity (Wildman–Crippen MR) is 85.3 cm³/mol. The Hall–Kier alpha value is -0.510. The van der Waals surface area contributed by atoms with Crippen molar-refractivity contribution >= 4 is 54.5 Å². The molecule has 0 fully saturated rings. The molecule has 0 heterocycles. The molecule has 0 atom stereocenters. The summed E-state index contributed by atoms with van der Waals surface area (Å²) in [6, 6.07) is 4.11. The summed E-state index contributed by atoms with van der Waals surface area (Å²) in [5.74, 6) is 0.452. The molecule has 1 aromatic carbocycles. The highest BCUT2D eigenvalue weighted by atomic mass is 79.9. The Kier molecular flexibility index (Phi) is 6.19. The molecule has 0 aliphatic carbocycles. The van der Waals surface area contributed by atoms with Gasteiger partial charge < -0.3 is 0 Å². The fourth-order valence-electron chi connectivity index (χ4n) is 1.30. The lowest BCUT2D eigenvalue weighted by molar-refractivity contribution is 0.865.